The number of hydrogen-bond donors (Lipinski definition) is 1. The summed E-state index contributed by atoms with van der Waals surface area (Å²) in [6.45, 7) is 1.53. The van der Waals surface area contributed by atoms with Crippen molar-refractivity contribution < 1.29 is 9.18 Å². The number of rotatable bonds is 5. The first-order valence-electron chi connectivity index (χ1n) is 6.87. The molecule has 5 heteroatoms. The number of halogens is 2. The van der Waals surface area contributed by atoms with E-state index in [0.717, 1.165) is 18.5 Å². The standard InChI is InChI=1S/C15H21FN2O.ClH/c1-18(11-12-4-2-5-13(16)10-12)15(19)8-7-14-6-3-9-17-14;/h2,4-5,10,14,17H,3,6-9,11H2,1H3;1H. The van der Waals surface area contributed by atoms with Gasteiger partial charge in [-0.15, -0.1) is 12.4 Å². The summed E-state index contributed by atoms with van der Waals surface area (Å²) in [5, 5.41) is 3.39. The van der Waals surface area contributed by atoms with Crippen molar-refractivity contribution in [2.75, 3.05) is 13.6 Å². The van der Waals surface area contributed by atoms with Crippen molar-refractivity contribution in [2.24, 2.45) is 0 Å². The minimum absolute atomic E-state index is 0. The van der Waals surface area contributed by atoms with E-state index in [1.165, 1.54) is 25.0 Å². The zero-order chi connectivity index (χ0) is 13.7. The van der Waals surface area contributed by atoms with Gasteiger partial charge in [0, 0.05) is 26.1 Å². The molecule has 20 heavy (non-hydrogen) atoms. The van der Waals surface area contributed by atoms with Gasteiger partial charge in [0.1, 0.15) is 5.82 Å². The van der Waals surface area contributed by atoms with Crippen LogP contribution in [0.1, 0.15) is 31.2 Å². The summed E-state index contributed by atoms with van der Waals surface area (Å²) in [7, 11) is 1.77. The van der Waals surface area contributed by atoms with Gasteiger partial charge >= 0.3 is 0 Å². The molecular formula is C15H22ClFN2O. The molecule has 112 valence electrons. The molecule has 0 radical (unpaired) electrons. The van der Waals surface area contributed by atoms with Gasteiger partial charge < -0.3 is 10.2 Å². The van der Waals surface area contributed by atoms with E-state index in [0.29, 0.717) is 19.0 Å². The maximum absolute atomic E-state index is 13.1. The highest BCUT2D eigenvalue weighted by molar-refractivity contribution is 5.85. The van der Waals surface area contributed by atoms with Crippen molar-refractivity contribution in [2.45, 2.75) is 38.3 Å². The highest BCUT2D eigenvalue weighted by Gasteiger charge is 2.17. The number of hydrogen-bond acceptors (Lipinski definition) is 2. The zero-order valence-electron chi connectivity index (χ0n) is 11.8. The SMILES string of the molecule is CN(Cc1cccc(F)c1)C(=O)CCC1CCCN1.Cl. The normalized spacial score (nSPS) is 17.6. The topological polar surface area (TPSA) is 32.3 Å². The van der Waals surface area contributed by atoms with Gasteiger partial charge in [0.25, 0.3) is 0 Å². The second-order valence-corrected chi connectivity index (χ2v) is 5.21. The minimum atomic E-state index is -0.256. The molecule has 1 aliphatic heterocycles. The predicted octanol–water partition coefficient (Wildman–Crippen LogP) is 2.74. The maximum atomic E-state index is 13.1. The molecule has 1 N–H and O–H groups in total. The molecular weight excluding hydrogens is 279 g/mol. The van der Waals surface area contributed by atoms with E-state index < -0.39 is 0 Å². The Labute approximate surface area is 125 Å². The van der Waals surface area contributed by atoms with Crippen LogP contribution < -0.4 is 5.32 Å². The Morgan fingerprint density at radius 1 is 1.50 bits per heavy atom. The van der Waals surface area contributed by atoms with Gasteiger partial charge in [0.2, 0.25) is 5.91 Å². The molecule has 0 saturated carbocycles. The summed E-state index contributed by atoms with van der Waals surface area (Å²) < 4.78 is 13.1. The van der Waals surface area contributed by atoms with Gasteiger partial charge in [-0.25, -0.2) is 4.39 Å². The lowest BCUT2D eigenvalue weighted by Gasteiger charge is -2.18. The van der Waals surface area contributed by atoms with Crippen molar-refractivity contribution >= 4 is 18.3 Å². The molecule has 0 bridgehead atoms. The van der Waals surface area contributed by atoms with Crippen LogP contribution in [0.3, 0.4) is 0 Å². The van der Waals surface area contributed by atoms with Crippen LogP contribution in [0.5, 0.6) is 0 Å². The van der Waals surface area contributed by atoms with Crippen molar-refractivity contribution in [3.05, 3.63) is 35.6 Å². The Hall–Kier alpha value is -1.13. The number of benzene rings is 1. The van der Waals surface area contributed by atoms with Gasteiger partial charge in [-0.1, -0.05) is 12.1 Å². The summed E-state index contributed by atoms with van der Waals surface area (Å²) in [6.07, 6.45) is 3.83. The smallest absolute Gasteiger partial charge is 0.222 e. The number of carbonyl (C=O) groups excluding carboxylic acids is 1. The first-order chi connectivity index (χ1) is 9.15. The molecule has 1 atom stereocenters. The number of carbonyl (C=O) groups is 1. The molecule has 0 aromatic heterocycles. The third-order valence-corrected chi connectivity index (χ3v) is 3.60. The molecule has 1 aliphatic rings. The van der Waals surface area contributed by atoms with Crippen LogP contribution in [0, 0.1) is 5.82 Å². The second kappa shape index (κ2) is 8.22. The van der Waals surface area contributed by atoms with Crippen molar-refractivity contribution in [3.63, 3.8) is 0 Å². The van der Waals surface area contributed by atoms with E-state index >= 15 is 0 Å². The Morgan fingerprint density at radius 2 is 2.30 bits per heavy atom. The summed E-state index contributed by atoms with van der Waals surface area (Å²) >= 11 is 0. The Balaban J connectivity index is 0.00000200. The lowest BCUT2D eigenvalue weighted by Crippen LogP contribution is -2.29. The fourth-order valence-corrected chi connectivity index (χ4v) is 2.49. The van der Waals surface area contributed by atoms with Gasteiger partial charge in [-0.2, -0.15) is 0 Å². The Kier molecular flexibility index (Phi) is 6.96. The Morgan fingerprint density at radius 3 is 2.95 bits per heavy atom. The van der Waals surface area contributed by atoms with Crippen LogP contribution in [0.2, 0.25) is 0 Å². The summed E-state index contributed by atoms with van der Waals surface area (Å²) in [5.41, 5.74) is 0.829. The van der Waals surface area contributed by atoms with Gasteiger partial charge in [-0.3, -0.25) is 4.79 Å². The van der Waals surface area contributed by atoms with Crippen LogP contribution in [0.4, 0.5) is 4.39 Å². The summed E-state index contributed by atoms with van der Waals surface area (Å²) in [4.78, 5) is 13.7. The average molecular weight is 301 g/mol. The minimum Gasteiger partial charge on any atom is -0.341 e. The van der Waals surface area contributed by atoms with Crippen LogP contribution in [0.15, 0.2) is 24.3 Å². The van der Waals surface area contributed by atoms with Crippen molar-refractivity contribution in [1.29, 1.82) is 0 Å². The summed E-state index contributed by atoms with van der Waals surface area (Å²) in [6, 6.07) is 6.89. The van der Waals surface area contributed by atoms with Crippen molar-refractivity contribution in [3.8, 4) is 0 Å². The number of nitrogens with zero attached hydrogens (tertiary/aromatic N) is 1. The maximum Gasteiger partial charge on any atom is 0.222 e. The molecule has 1 aromatic rings. The fourth-order valence-electron chi connectivity index (χ4n) is 2.49. The lowest BCUT2D eigenvalue weighted by molar-refractivity contribution is -0.130. The Bertz CT molecular complexity index is 436. The first-order valence-corrected chi connectivity index (χ1v) is 6.87. The lowest BCUT2D eigenvalue weighted by atomic mass is 10.1. The molecule has 1 amide bonds. The molecule has 0 spiro atoms. The second-order valence-electron chi connectivity index (χ2n) is 5.21. The molecule has 0 aliphatic carbocycles. The number of nitrogens with one attached hydrogen (secondary N) is 1. The monoisotopic (exact) mass is 300 g/mol. The van der Waals surface area contributed by atoms with Crippen LogP contribution >= 0.6 is 12.4 Å². The molecule has 1 heterocycles. The van der Waals surface area contributed by atoms with Crippen LogP contribution in [0.25, 0.3) is 0 Å². The third-order valence-electron chi connectivity index (χ3n) is 3.60. The van der Waals surface area contributed by atoms with E-state index in [4.69, 9.17) is 0 Å². The van der Waals surface area contributed by atoms with E-state index in [1.54, 1.807) is 18.0 Å². The molecule has 1 unspecified atom stereocenters. The van der Waals surface area contributed by atoms with E-state index in [1.807, 2.05) is 6.07 Å². The highest BCUT2D eigenvalue weighted by Crippen LogP contribution is 2.13. The number of amides is 1. The average Bonchev–Trinajstić information content (AvgIpc) is 2.89. The zero-order valence-corrected chi connectivity index (χ0v) is 12.6. The molecule has 1 saturated heterocycles. The van der Waals surface area contributed by atoms with Gasteiger partial charge in [-0.05, 0) is 43.5 Å². The summed E-state index contributed by atoms with van der Waals surface area (Å²) in [5.74, 6) is -0.133. The van der Waals surface area contributed by atoms with Gasteiger partial charge in [0.15, 0.2) is 0 Å². The van der Waals surface area contributed by atoms with E-state index in [9.17, 15) is 9.18 Å². The largest absolute Gasteiger partial charge is 0.341 e. The molecule has 3 nitrogen and oxygen atoms in total. The van der Waals surface area contributed by atoms with E-state index in [-0.39, 0.29) is 24.1 Å². The van der Waals surface area contributed by atoms with E-state index in [2.05, 4.69) is 5.32 Å². The van der Waals surface area contributed by atoms with Crippen molar-refractivity contribution in [1.82, 2.24) is 10.2 Å². The van der Waals surface area contributed by atoms with Crippen LogP contribution in [-0.4, -0.2) is 30.4 Å². The molecule has 1 fully saturated rings. The third kappa shape index (κ3) is 5.10. The quantitative estimate of drug-likeness (QED) is 0.907. The fraction of sp³-hybridized carbons (Fsp3) is 0.533. The van der Waals surface area contributed by atoms with Gasteiger partial charge in [0.05, 0.1) is 0 Å². The van der Waals surface area contributed by atoms with Crippen LogP contribution in [-0.2, 0) is 11.3 Å². The predicted molar refractivity (Wildman–Crippen MR) is 80.4 cm³/mol. The molecule has 1 aromatic carbocycles. The highest BCUT2D eigenvalue weighted by atomic mass is 35.5. The first kappa shape index (κ1) is 16.9. The molecule has 2 rings (SSSR count).